The van der Waals surface area contributed by atoms with E-state index in [0.717, 1.165) is 6.07 Å². The Morgan fingerprint density at radius 2 is 1.90 bits per heavy atom. The predicted molar refractivity (Wildman–Crippen MR) is 69.3 cm³/mol. The monoisotopic (exact) mass is 292 g/mol. The first-order valence-electron chi connectivity index (χ1n) is 5.32. The lowest BCUT2D eigenvalue weighted by Crippen LogP contribution is -1.93. The highest BCUT2D eigenvalue weighted by Crippen LogP contribution is 2.29. The van der Waals surface area contributed by atoms with Crippen LogP contribution in [0.5, 0.6) is 11.5 Å². The molecule has 0 aliphatic carbocycles. The molecule has 0 aliphatic heterocycles. The third-order valence-electron chi connectivity index (χ3n) is 2.41. The second-order valence-electron chi connectivity index (χ2n) is 3.73. The fourth-order valence-corrected chi connectivity index (χ4v) is 1.67. The molecule has 0 aromatic heterocycles. The van der Waals surface area contributed by atoms with E-state index in [0.29, 0.717) is 0 Å². The maximum absolute atomic E-state index is 13.0. The van der Waals surface area contributed by atoms with Gasteiger partial charge in [-0.05, 0) is 18.2 Å². The highest BCUT2D eigenvalue weighted by molar-refractivity contribution is 6.30. The van der Waals surface area contributed by atoms with Crippen LogP contribution in [-0.2, 0) is 0 Å². The number of rotatable bonds is 3. The lowest BCUT2D eigenvalue weighted by Gasteiger charge is -2.06. The topological polar surface area (TPSA) is 76.2 Å². The van der Waals surface area contributed by atoms with E-state index in [1.54, 1.807) is 6.07 Å². The highest BCUT2D eigenvalue weighted by Gasteiger charge is 2.14. The van der Waals surface area contributed by atoms with Crippen LogP contribution in [0.2, 0.25) is 5.02 Å². The first-order valence-corrected chi connectivity index (χ1v) is 5.70. The molecule has 0 radical (unpaired) electrons. The first-order chi connectivity index (χ1) is 9.51. The van der Waals surface area contributed by atoms with Gasteiger partial charge in [-0.2, -0.15) is 5.26 Å². The molecule has 0 aliphatic rings. The second-order valence-corrected chi connectivity index (χ2v) is 4.13. The van der Waals surface area contributed by atoms with Crippen LogP contribution in [0.1, 0.15) is 5.56 Å². The van der Waals surface area contributed by atoms with Crippen LogP contribution in [-0.4, -0.2) is 4.92 Å². The van der Waals surface area contributed by atoms with Gasteiger partial charge in [-0.25, -0.2) is 4.39 Å². The van der Waals surface area contributed by atoms with Crippen molar-refractivity contribution in [2.24, 2.45) is 0 Å². The van der Waals surface area contributed by atoms with Crippen LogP contribution in [0.4, 0.5) is 10.1 Å². The van der Waals surface area contributed by atoms with Crippen LogP contribution < -0.4 is 4.74 Å². The molecule has 20 heavy (non-hydrogen) atoms. The van der Waals surface area contributed by atoms with E-state index in [9.17, 15) is 14.5 Å². The Balaban J connectivity index is 2.32. The second kappa shape index (κ2) is 5.55. The molecule has 100 valence electrons. The summed E-state index contributed by atoms with van der Waals surface area (Å²) >= 11 is 5.61. The van der Waals surface area contributed by atoms with Crippen molar-refractivity contribution < 1.29 is 14.1 Å². The Morgan fingerprint density at radius 3 is 2.50 bits per heavy atom. The number of hydrogen-bond acceptors (Lipinski definition) is 4. The Morgan fingerprint density at radius 1 is 1.25 bits per heavy atom. The van der Waals surface area contributed by atoms with Crippen molar-refractivity contribution in [3.63, 3.8) is 0 Å². The normalized spacial score (nSPS) is 9.85. The van der Waals surface area contributed by atoms with Crippen LogP contribution in [0.25, 0.3) is 0 Å². The maximum Gasteiger partial charge on any atom is 0.287 e. The first kappa shape index (κ1) is 13.8. The Labute approximate surface area is 117 Å². The zero-order chi connectivity index (χ0) is 14.7. The predicted octanol–water partition coefficient (Wildman–Crippen LogP) is 4.05. The van der Waals surface area contributed by atoms with Gasteiger partial charge in [0, 0.05) is 18.2 Å². The third kappa shape index (κ3) is 2.84. The minimum absolute atomic E-state index is 0.107. The summed E-state index contributed by atoms with van der Waals surface area (Å²) in [7, 11) is 0. The minimum atomic E-state index is -0.656. The summed E-state index contributed by atoms with van der Waals surface area (Å²) in [5.74, 6) is -0.107. The smallest absolute Gasteiger partial charge is 0.287 e. The molecular formula is C13H6ClFN2O3. The highest BCUT2D eigenvalue weighted by atomic mass is 35.5. The molecule has 0 bridgehead atoms. The van der Waals surface area contributed by atoms with E-state index >= 15 is 0 Å². The number of benzene rings is 2. The summed E-state index contributed by atoms with van der Waals surface area (Å²) in [5, 5.41) is 19.4. The fourth-order valence-electron chi connectivity index (χ4n) is 1.50. The van der Waals surface area contributed by atoms with Gasteiger partial charge in [0.05, 0.1) is 9.95 Å². The molecule has 0 heterocycles. The van der Waals surface area contributed by atoms with Gasteiger partial charge in [0.15, 0.2) is 0 Å². The fraction of sp³-hybridized carbons (Fsp3) is 0. The van der Waals surface area contributed by atoms with Gasteiger partial charge in [-0.15, -0.1) is 0 Å². The molecule has 0 N–H and O–H groups in total. The van der Waals surface area contributed by atoms with Crippen LogP contribution >= 0.6 is 11.6 Å². The molecule has 0 fully saturated rings. The quantitative estimate of drug-likeness (QED) is 0.631. The van der Waals surface area contributed by atoms with Gasteiger partial charge in [-0.1, -0.05) is 11.6 Å². The van der Waals surface area contributed by atoms with Gasteiger partial charge in [0.1, 0.15) is 28.9 Å². The largest absolute Gasteiger partial charge is 0.457 e. The molecule has 2 rings (SSSR count). The Hall–Kier alpha value is -2.65. The summed E-state index contributed by atoms with van der Waals surface area (Å²) < 4.78 is 18.4. The molecule has 5 nitrogen and oxygen atoms in total. The molecule has 0 amide bonds. The number of hydrogen-bond donors (Lipinski definition) is 0. The number of nitro benzene ring substituents is 1. The van der Waals surface area contributed by atoms with E-state index in [-0.39, 0.29) is 27.8 Å². The number of nitriles is 1. The SMILES string of the molecule is N#Cc1cc(Oc2ccc(F)c(Cl)c2)ccc1[N+](=O)[O-]. The Kier molecular flexibility index (Phi) is 3.82. The van der Waals surface area contributed by atoms with Crippen LogP contribution in [0.15, 0.2) is 36.4 Å². The van der Waals surface area contributed by atoms with Gasteiger partial charge < -0.3 is 4.74 Å². The summed E-state index contributed by atoms with van der Waals surface area (Å²) in [6.07, 6.45) is 0. The molecule has 0 unspecified atom stereocenters. The number of ether oxygens (including phenoxy) is 1. The molecule has 0 atom stereocenters. The van der Waals surface area contributed by atoms with Crippen molar-refractivity contribution in [3.05, 3.63) is 62.9 Å². The summed E-state index contributed by atoms with van der Waals surface area (Å²) in [4.78, 5) is 10.0. The van der Waals surface area contributed by atoms with Gasteiger partial charge >= 0.3 is 0 Å². The lowest BCUT2D eigenvalue weighted by molar-refractivity contribution is -0.385. The van der Waals surface area contributed by atoms with Gasteiger partial charge in [0.2, 0.25) is 0 Å². The number of nitro groups is 1. The zero-order valence-corrected chi connectivity index (χ0v) is 10.6. The average Bonchev–Trinajstić information content (AvgIpc) is 2.42. The summed E-state index contributed by atoms with van der Waals surface area (Å²) in [6, 6.07) is 9.21. The van der Waals surface area contributed by atoms with Crippen LogP contribution in [0.3, 0.4) is 0 Å². The molecule has 0 saturated carbocycles. The minimum Gasteiger partial charge on any atom is -0.457 e. The summed E-state index contributed by atoms with van der Waals surface area (Å²) in [6.45, 7) is 0. The van der Waals surface area contributed by atoms with E-state index in [4.69, 9.17) is 21.6 Å². The van der Waals surface area contributed by atoms with Crippen molar-refractivity contribution in [3.8, 4) is 17.6 Å². The van der Waals surface area contributed by atoms with Crippen molar-refractivity contribution in [2.75, 3.05) is 0 Å². The van der Waals surface area contributed by atoms with Crippen molar-refractivity contribution >= 4 is 17.3 Å². The maximum atomic E-state index is 13.0. The molecule has 2 aromatic carbocycles. The van der Waals surface area contributed by atoms with E-state index in [2.05, 4.69) is 0 Å². The number of halogens is 2. The molecule has 2 aromatic rings. The molecular weight excluding hydrogens is 287 g/mol. The van der Waals surface area contributed by atoms with Crippen molar-refractivity contribution in [2.45, 2.75) is 0 Å². The van der Waals surface area contributed by atoms with Gasteiger partial charge in [0.25, 0.3) is 5.69 Å². The third-order valence-corrected chi connectivity index (χ3v) is 2.70. The molecule has 0 spiro atoms. The zero-order valence-electron chi connectivity index (χ0n) is 9.84. The average molecular weight is 293 g/mol. The van der Waals surface area contributed by atoms with Crippen molar-refractivity contribution in [1.29, 1.82) is 5.26 Å². The summed E-state index contributed by atoms with van der Waals surface area (Å²) in [5.41, 5.74) is -0.433. The van der Waals surface area contributed by atoms with Gasteiger partial charge in [-0.3, -0.25) is 10.1 Å². The number of nitrogens with zero attached hydrogens (tertiary/aromatic N) is 2. The Bertz CT molecular complexity index is 728. The molecule has 0 saturated heterocycles. The standard InChI is InChI=1S/C13H6ClFN2O3/c14-11-6-10(1-3-12(11)15)20-9-2-4-13(17(18)19)8(5-9)7-16/h1-6H. The van der Waals surface area contributed by atoms with E-state index in [1.807, 2.05) is 0 Å². The van der Waals surface area contributed by atoms with Crippen LogP contribution in [0, 0.1) is 27.3 Å². The lowest BCUT2D eigenvalue weighted by atomic mass is 10.2. The van der Waals surface area contributed by atoms with E-state index < -0.39 is 10.7 Å². The van der Waals surface area contributed by atoms with Crippen molar-refractivity contribution in [1.82, 2.24) is 0 Å². The van der Waals surface area contributed by atoms with E-state index in [1.165, 1.54) is 30.3 Å². The molecule has 7 heteroatoms.